The molecule has 0 saturated carbocycles. The summed E-state index contributed by atoms with van der Waals surface area (Å²) in [5.74, 6) is 1.19. The first-order valence-electron chi connectivity index (χ1n) is 8.87. The molecule has 9 heteroatoms. The maximum Gasteiger partial charge on any atom is 0.281 e. The Morgan fingerprint density at radius 2 is 2.07 bits per heavy atom. The molecule has 1 unspecified atom stereocenters. The molecule has 1 aromatic carbocycles. The van der Waals surface area contributed by atoms with Crippen molar-refractivity contribution in [3.8, 4) is 5.75 Å². The Labute approximate surface area is 165 Å². The highest BCUT2D eigenvalue weighted by Gasteiger charge is 2.35. The van der Waals surface area contributed by atoms with Gasteiger partial charge < -0.3 is 13.6 Å². The molecule has 0 fully saturated rings. The first-order valence-corrected chi connectivity index (χ1v) is 8.87. The van der Waals surface area contributed by atoms with Gasteiger partial charge in [0.1, 0.15) is 29.0 Å². The zero-order valence-electron chi connectivity index (χ0n) is 15.5. The van der Waals surface area contributed by atoms with Crippen molar-refractivity contribution >= 4 is 17.3 Å². The van der Waals surface area contributed by atoms with E-state index in [0.717, 1.165) is 0 Å². The fraction of sp³-hybridized carbons (Fsp3) is 0.200. The van der Waals surface area contributed by atoms with Gasteiger partial charge in [-0.25, -0.2) is 5.01 Å². The average molecular weight is 395 g/mol. The number of ether oxygens (including phenoxy) is 1. The predicted octanol–water partition coefficient (Wildman–Crippen LogP) is 3.85. The number of hydrogen-bond donors (Lipinski definition) is 0. The number of nitro benzene ring substituents is 1. The van der Waals surface area contributed by atoms with E-state index in [-0.39, 0.29) is 18.2 Å². The monoisotopic (exact) mass is 395 g/mol. The SMILES string of the molecule is Cc1cc(OCC(=O)N2N=C(c3ccco3)CC2c2ccco2)ccc1[N+](=O)[O-]. The lowest BCUT2D eigenvalue weighted by Gasteiger charge is -2.20. The van der Waals surface area contributed by atoms with Crippen molar-refractivity contribution in [1.82, 2.24) is 5.01 Å². The van der Waals surface area contributed by atoms with Gasteiger partial charge in [-0.15, -0.1) is 0 Å². The van der Waals surface area contributed by atoms with Crippen LogP contribution in [0.3, 0.4) is 0 Å². The van der Waals surface area contributed by atoms with Crippen molar-refractivity contribution < 1.29 is 23.3 Å². The highest BCUT2D eigenvalue weighted by molar-refractivity contribution is 6.01. The average Bonchev–Trinajstić information content (AvgIpc) is 3.46. The molecule has 4 rings (SSSR count). The van der Waals surface area contributed by atoms with Gasteiger partial charge in [0.15, 0.2) is 6.61 Å². The van der Waals surface area contributed by atoms with E-state index in [4.69, 9.17) is 13.6 Å². The molecule has 1 amide bonds. The fourth-order valence-electron chi connectivity index (χ4n) is 3.17. The van der Waals surface area contributed by atoms with Crippen molar-refractivity contribution in [2.24, 2.45) is 5.10 Å². The summed E-state index contributed by atoms with van der Waals surface area (Å²) in [7, 11) is 0. The number of furan rings is 2. The number of benzene rings is 1. The normalized spacial score (nSPS) is 16.0. The second kappa shape index (κ2) is 7.63. The molecule has 3 heterocycles. The van der Waals surface area contributed by atoms with Crippen LogP contribution in [-0.2, 0) is 4.79 Å². The molecule has 1 aliphatic heterocycles. The molecule has 0 N–H and O–H groups in total. The number of nitro groups is 1. The topological polar surface area (TPSA) is 111 Å². The molecule has 1 aliphatic rings. The number of nitrogens with zero attached hydrogens (tertiary/aromatic N) is 3. The van der Waals surface area contributed by atoms with E-state index in [0.29, 0.717) is 35.0 Å². The molecule has 0 spiro atoms. The van der Waals surface area contributed by atoms with Gasteiger partial charge in [0.2, 0.25) is 0 Å². The van der Waals surface area contributed by atoms with E-state index in [2.05, 4.69) is 5.10 Å². The van der Waals surface area contributed by atoms with Crippen molar-refractivity contribution in [3.05, 3.63) is 82.2 Å². The van der Waals surface area contributed by atoms with Crippen molar-refractivity contribution in [1.29, 1.82) is 0 Å². The molecular weight excluding hydrogens is 378 g/mol. The van der Waals surface area contributed by atoms with Crippen LogP contribution in [0.25, 0.3) is 0 Å². The number of carbonyl (C=O) groups is 1. The number of hydrazone groups is 1. The van der Waals surface area contributed by atoms with Gasteiger partial charge in [0.05, 0.1) is 17.4 Å². The molecule has 0 radical (unpaired) electrons. The second-order valence-corrected chi connectivity index (χ2v) is 6.49. The van der Waals surface area contributed by atoms with Gasteiger partial charge in [-0.3, -0.25) is 14.9 Å². The van der Waals surface area contributed by atoms with Crippen LogP contribution in [0.5, 0.6) is 5.75 Å². The Morgan fingerprint density at radius 3 is 2.72 bits per heavy atom. The molecular formula is C20H17N3O6. The minimum Gasteiger partial charge on any atom is -0.484 e. The van der Waals surface area contributed by atoms with Gasteiger partial charge in [-0.2, -0.15) is 5.10 Å². The van der Waals surface area contributed by atoms with Crippen LogP contribution in [0.2, 0.25) is 0 Å². The van der Waals surface area contributed by atoms with E-state index in [1.165, 1.54) is 23.2 Å². The number of aryl methyl sites for hydroxylation is 1. The van der Waals surface area contributed by atoms with E-state index < -0.39 is 11.0 Å². The number of carbonyl (C=O) groups excluding carboxylic acids is 1. The lowest BCUT2D eigenvalue weighted by atomic mass is 10.1. The number of amides is 1. The Hall–Kier alpha value is -3.88. The van der Waals surface area contributed by atoms with Crippen LogP contribution >= 0.6 is 0 Å². The van der Waals surface area contributed by atoms with Crippen molar-refractivity contribution in [2.45, 2.75) is 19.4 Å². The third kappa shape index (κ3) is 3.75. The Bertz CT molecular complexity index is 1060. The Kier molecular flexibility index (Phi) is 4.86. The first-order chi connectivity index (χ1) is 14.0. The third-order valence-electron chi connectivity index (χ3n) is 4.57. The first kappa shape index (κ1) is 18.5. The quantitative estimate of drug-likeness (QED) is 0.463. The number of hydrogen-bond acceptors (Lipinski definition) is 7. The molecule has 0 saturated heterocycles. The highest BCUT2D eigenvalue weighted by Crippen LogP contribution is 2.33. The summed E-state index contributed by atoms with van der Waals surface area (Å²) < 4.78 is 16.4. The fourth-order valence-corrected chi connectivity index (χ4v) is 3.17. The molecule has 29 heavy (non-hydrogen) atoms. The summed E-state index contributed by atoms with van der Waals surface area (Å²) in [5, 5.41) is 16.7. The zero-order chi connectivity index (χ0) is 20.4. The third-order valence-corrected chi connectivity index (χ3v) is 4.57. The van der Waals surface area contributed by atoms with E-state index in [1.54, 1.807) is 43.7 Å². The standard InChI is InChI=1S/C20H17N3O6/c1-13-10-14(6-7-16(13)23(25)26)29-12-20(24)22-17(19-5-3-9-28-19)11-15(21-22)18-4-2-8-27-18/h2-10,17H,11-12H2,1H3. The van der Waals surface area contributed by atoms with Crippen LogP contribution in [0, 0.1) is 17.0 Å². The predicted molar refractivity (Wildman–Crippen MR) is 101 cm³/mol. The van der Waals surface area contributed by atoms with Gasteiger partial charge in [0.25, 0.3) is 11.6 Å². The molecule has 2 aromatic heterocycles. The smallest absolute Gasteiger partial charge is 0.281 e. The lowest BCUT2D eigenvalue weighted by Crippen LogP contribution is -2.31. The molecule has 148 valence electrons. The van der Waals surface area contributed by atoms with Crippen LogP contribution < -0.4 is 4.74 Å². The van der Waals surface area contributed by atoms with Crippen LogP contribution in [-0.4, -0.2) is 28.2 Å². The van der Waals surface area contributed by atoms with Crippen LogP contribution in [0.1, 0.15) is 29.5 Å². The summed E-state index contributed by atoms with van der Waals surface area (Å²) in [4.78, 5) is 23.3. The summed E-state index contributed by atoms with van der Waals surface area (Å²) in [6, 6.07) is 11.0. The van der Waals surface area contributed by atoms with E-state index in [1.807, 2.05) is 0 Å². The second-order valence-electron chi connectivity index (χ2n) is 6.49. The van der Waals surface area contributed by atoms with Crippen molar-refractivity contribution in [2.75, 3.05) is 6.61 Å². The van der Waals surface area contributed by atoms with E-state index >= 15 is 0 Å². The van der Waals surface area contributed by atoms with Crippen LogP contribution in [0.4, 0.5) is 5.69 Å². The minimum atomic E-state index is -0.465. The minimum absolute atomic E-state index is 0.00575. The summed E-state index contributed by atoms with van der Waals surface area (Å²) >= 11 is 0. The van der Waals surface area contributed by atoms with Crippen molar-refractivity contribution in [3.63, 3.8) is 0 Å². The maximum absolute atomic E-state index is 12.8. The Balaban J connectivity index is 1.51. The molecule has 1 atom stereocenters. The van der Waals surface area contributed by atoms with Gasteiger partial charge >= 0.3 is 0 Å². The molecule has 3 aromatic rings. The summed E-state index contributed by atoms with van der Waals surface area (Å²) in [5.41, 5.74) is 1.08. The van der Waals surface area contributed by atoms with Gasteiger partial charge in [-0.1, -0.05) is 0 Å². The maximum atomic E-state index is 12.8. The van der Waals surface area contributed by atoms with Crippen LogP contribution in [0.15, 0.2) is 68.9 Å². The van der Waals surface area contributed by atoms with E-state index in [9.17, 15) is 14.9 Å². The molecule has 9 nitrogen and oxygen atoms in total. The number of rotatable bonds is 6. The lowest BCUT2D eigenvalue weighted by molar-refractivity contribution is -0.385. The van der Waals surface area contributed by atoms with Gasteiger partial charge in [-0.05, 0) is 43.3 Å². The van der Waals surface area contributed by atoms with Gasteiger partial charge in [0, 0.05) is 18.1 Å². The summed E-state index contributed by atoms with van der Waals surface area (Å²) in [6.45, 7) is 1.34. The Morgan fingerprint density at radius 1 is 1.28 bits per heavy atom. The molecule has 0 aliphatic carbocycles. The largest absolute Gasteiger partial charge is 0.484 e. The summed E-state index contributed by atoms with van der Waals surface area (Å²) in [6.07, 6.45) is 3.53. The highest BCUT2D eigenvalue weighted by atomic mass is 16.6. The zero-order valence-corrected chi connectivity index (χ0v) is 15.5. The molecule has 0 bridgehead atoms.